The number of nitrogens with one attached hydrogen (secondary N) is 1. The van der Waals surface area contributed by atoms with Gasteiger partial charge in [-0.1, -0.05) is 39.3 Å². The smallest absolute Gasteiger partial charge is 0.228 e. The number of anilines is 2. The highest BCUT2D eigenvalue weighted by atomic mass is 35.5. The van der Waals surface area contributed by atoms with Crippen molar-refractivity contribution in [2.45, 2.75) is 27.7 Å². The minimum absolute atomic E-state index is 0.0140. The quantitative estimate of drug-likeness (QED) is 0.805. The van der Waals surface area contributed by atoms with Gasteiger partial charge < -0.3 is 11.1 Å². The molecule has 1 amide bonds. The SMILES string of the molecule is CC1(C)C(C(=O)Nc2ccc(Cl)cc2N)C1(C)C. The molecule has 18 heavy (non-hydrogen) atoms. The highest BCUT2D eigenvalue weighted by Crippen LogP contribution is 2.68. The Bertz CT molecular complexity index is 495. The normalized spacial score (nSPS) is 20.5. The van der Waals surface area contributed by atoms with Crippen LogP contribution in [0.25, 0.3) is 0 Å². The minimum Gasteiger partial charge on any atom is -0.397 e. The first-order chi connectivity index (χ1) is 8.18. The number of hydrogen-bond donors (Lipinski definition) is 2. The lowest BCUT2D eigenvalue weighted by atomic mass is 10.0. The Hall–Kier alpha value is -1.22. The molecule has 1 aromatic carbocycles. The van der Waals surface area contributed by atoms with Crippen molar-refractivity contribution in [1.29, 1.82) is 0 Å². The molecule has 1 fully saturated rings. The summed E-state index contributed by atoms with van der Waals surface area (Å²) in [5.74, 6) is 0.0408. The summed E-state index contributed by atoms with van der Waals surface area (Å²) in [7, 11) is 0. The van der Waals surface area contributed by atoms with E-state index in [4.69, 9.17) is 17.3 Å². The fraction of sp³-hybridized carbons (Fsp3) is 0.500. The van der Waals surface area contributed by atoms with Crippen molar-refractivity contribution in [2.24, 2.45) is 16.7 Å². The van der Waals surface area contributed by atoms with E-state index < -0.39 is 0 Å². The maximum absolute atomic E-state index is 12.2. The molecule has 0 bridgehead atoms. The number of carbonyl (C=O) groups is 1. The maximum atomic E-state index is 12.2. The number of nitrogen functional groups attached to an aromatic ring is 1. The highest BCUT2D eigenvalue weighted by Gasteiger charge is 2.68. The molecule has 3 N–H and O–H groups in total. The van der Waals surface area contributed by atoms with Crippen LogP contribution < -0.4 is 11.1 Å². The zero-order chi connectivity index (χ0) is 13.7. The average molecular weight is 267 g/mol. The van der Waals surface area contributed by atoms with E-state index in [0.717, 1.165) is 0 Å². The predicted molar refractivity (Wildman–Crippen MR) is 75.5 cm³/mol. The number of benzene rings is 1. The van der Waals surface area contributed by atoms with Crippen LogP contribution in [-0.4, -0.2) is 5.91 Å². The summed E-state index contributed by atoms with van der Waals surface area (Å²) < 4.78 is 0. The third-order valence-corrected chi connectivity index (χ3v) is 4.79. The molecule has 1 aliphatic carbocycles. The van der Waals surface area contributed by atoms with Gasteiger partial charge >= 0.3 is 0 Å². The Balaban J connectivity index is 2.14. The highest BCUT2D eigenvalue weighted by molar-refractivity contribution is 6.31. The van der Waals surface area contributed by atoms with Crippen molar-refractivity contribution in [3.8, 4) is 0 Å². The Labute approximate surface area is 113 Å². The first-order valence-electron chi connectivity index (χ1n) is 6.04. The molecule has 3 nitrogen and oxygen atoms in total. The van der Waals surface area contributed by atoms with Crippen LogP contribution in [0.15, 0.2) is 18.2 Å². The molecular weight excluding hydrogens is 248 g/mol. The first kappa shape index (κ1) is 13.2. The Morgan fingerprint density at radius 1 is 1.28 bits per heavy atom. The van der Waals surface area contributed by atoms with Gasteiger partial charge in [0, 0.05) is 10.9 Å². The number of carbonyl (C=O) groups excluding carboxylic acids is 1. The van der Waals surface area contributed by atoms with Gasteiger partial charge in [-0.05, 0) is 29.0 Å². The van der Waals surface area contributed by atoms with Crippen molar-refractivity contribution < 1.29 is 4.79 Å². The van der Waals surface area contributed by atoms with Gasteiger partial charge in [0.05, 0.1) is 11.4 Å². The van der Waals surface area contributed by atoms with Crippen molar-refractivity contribution in [3.63, 3.8) is 0 Å². The van der Waals surface area contributed by atoms with Crippen LogP contribution >= 0.6 is 11.6 Å². The summed E-state index contributed by atoms with van der Waals surface area (Å²) in [5, 5.41) is 3.46. The summed E-state index contributed by atoms with van der Waals surface area (Å²) in [6, 6.07) is 5.09. The number of nitrogens with two attached hydrogens (primary N) is 1. The van der Waals surface area contributed by atoms with Gasteiger partial charge in [-0.2, -0.15) is 0 Å². The topological polar surface area (TPSA) is 55.1 Å². The molecule has 0 atom stereocenters. The first-order valence-corrected chi connectivity index (χ1v) is 6.41. The van der Waals surface area contributed by atoms with E-state index in [2.05, 4.69) is 33.0 Å². The molecule has 0 radical (unpaired) electrons. The van der Waals surface area contributed by atoms with Gasteiger partial charge in [-0.25, -0.2) is 0 Å². The van der Waals surface area contributed by atoms with E-state index in [1.807, 2.05) is 0 Å². The van der Waals surface area contributed by atoms with Gasteiger partial charge in [-0.3, -0.25) is 4.79 Å². The molecule has 1 aliphatic rings. The zero-order valence-electron chi connectivity index (χ0n) is 11.2. The molecule has 1 aromatic rings. The predicted octanol–water partition coefficient (Wildman–Crippen LogP) is 3.54. The van der Waals surface area contributed by atoms with Crippen LogP contribution in [0.1, 0.15) is 27.7 Å². The van der Waals surface area contributed by atoms with Crippen molar-refractivity contribution in [3.05, 3.63) is 23.2 Å². The fourth-order valence-corrected chi connectivity index (χ4v) is 2.88. The van der Waals surface area contributed by atoms with Crippen LogP contribution in [-0.2, 0) is 4.79 Å². The van der Waals surface area contributed by atoms with Crippen molar-refractivity contribution >= 4 is 28.9 Å². The van der Waals surface area contributed by atoms with E-state index in [-0.39, 0.29) is 22.7 Å². The fourth-order valence-electron chi connectivity index (χ4n) is 2.70. The Morgan fingerprint density at radius 3 is 2.28 bits per heavy atom. The van der Waals surface area contributed by atoms with Crippen molar-refractivity contribution in [1.82, 2.24) is 0 Å². The zero-order valence-corrected chi connectivity index (χ0v) is 11.9. The molecule has 0 saturated heterocycles. The third-order valence-electron chi connectivity index (χ3n) is 4.55. The second kappa shape index (κ2) is 3.89. The van der Waals surface area contributed by atoms with Crippen LogP contribution in [0.4, 0.5) is 11.4 Å². The summed E-state index contributed by atoms with van der Waals surface area (Å²) in [6.07, 6.45) is 0. The summed E-state index contributed by atoms with van der Waals surface area (Å²) in [6.45, 7) is 8.45. The van der Waals surface area contributed by atoms with E-state index in [9.17, 15) is 4.79 Å². The molecule has 98 valence electrons. The number of hydrogen-bond acceptors (Lipinski definition) is 2. The largest absolute Gasteiger partial charge is 0.397 e. The lowest BCUT2D eigenvalue weighted by Gasteiger charge is -2.09. The molecule has 0 aliphatic heterocycles. The average Bonchev–Trinajstić information content (AvgIpc) is 2.62. The molecule has 0 heterocycles. The van der Waals surface area contributed by atoms with E-state index in [1.54, 1.807) is 18.2 Å². The Kier molecular flexibility index (Phi) is 2.85. The molecule has 0 aromatic heterocycles. The van der Waals surface area contributed by atoms with Crippen LogP contribution in [0.5, 0.6) is 0 Å². The van der Waals surface area contributed by atoms with E-state index in [0.29, 0.717) is 16.4 Å². The summed E-state index contributed by atoms with van der Waals surface area (Å²) >= 11 is 5.83. The monoisotopic (exact) mass is 266 g/mol. The molecule has 1 saturated carbocycles. The van der Waals surface area contributed by atoms with E-state index in [1.165, 1.54) is 0 Å². The Morgan fingerprint density at radius 2 is 1.83 bits per heavy atom. The summed E-state index contributed by atoms with van der Waals surface area (Å²) in [4.78, 5) is 12.2. The maximum Gasteiger partial charge on any atom is 0.228 e. The number of amides is 1. The van der Waals surface area contributed by atoms with Gasteiger partial charge in [0.15, 0.2) is 0 Å². The number of rotatable bonds is 2. The van der Waals surface area contributed by atoms with Gasteiger partial charge in [0.1, 0.15) is 0 Å². The molecular formula is C14H19ClN2O. The number of halogens is 1. The van der Waals surface area contributed by atoms with Gasteiger partial charge in [-0.15, -0.1) is 0 Å². The molecule has 0 spiro atoms. The standard InChI is InChI=1S/C14H19ClN2O/c1-13(2)11(14(13,3)4)12(18)17-10-6-5-8(15)7-9(10)16/h5-7,11H,16H2,1-4H3,(H,17,18). The van der Waals surface area contributed by atoms with Crippen LogP contribution in [0, 0.1) is 16.7 Å². The minimum atomic E-state index is 0.0140. The van der Waals surface area contributed by atoms with Crippen molar-refractivity contribution in [2.75, 3.05) is 11.1 Å². The van der Waals surface area contributed by atoms with Crippen LogP contribution in [0.2, 0.25) is 5.02 Å². The second-order valence-corrected chi connectivity index (χ2v) is 6.53. The van der Waals surface area contributed by atoms with Crippen LogP contribution in [0.3, 0.4) is 0 Å². The lowest BCUT2D eigenvalue weighted by molar-refractivity contribution is -0.118. The van der Waals surface area contributed by atoms with Gasteiger partial charge in [0.25, 0.3) is 0 Å². The lowest BCUT2D eigenvalue weighted by Crippen LogP contribution is -2.18. The second-order valence-electron chi connectivity index (χ2n) is 6.10. The third kappa shape index (κ3) is 1.87. The summed E-state index contributed by atoms with van der Waals surface area (Å²) in [5.41, 5.74) is 7.00. The molecule has 0 unspecified atom stereocenters. The molecule has 4 heteroatoms. The molecule has 2 rings (SSSR count). The van der Waals surface area contributed by atoms with Gasteiger partial charge in [0.2, 0.25) is 5.91 Å². The van der Waals surface area contributed by atoms with E-state index >= 15 is 0 Å².